The Morgan fingerprint density at radius 3 is 2.54 bits per heavy atom. The third kappa shape index (κ3) is 4.55. The number of halogens is 1. The Hall–Kier alpha value is -0.180. The van der Waals surface area contributed by atoms with E-state index in [4.69, 9.17) is 16.7 Å². The molecular weight excluding hydrogens is 204 g/mol. The van der Waals surface area contributed by atoms with Gasteiger partial charge < -0.3 is 5.11 Å². The van der Waals surface area contributed by atoms with Crippen molar-refractivity contribution in [3.8, 4) is 0 Å². The zero-order chi connectivity index (χ0) is 9.68. The minimum absolute atomic E-state index is 0.225. The average molecular weight is 217 g/mol. The predicted molar refractivity (Wildman–Crippen MR) is 59.3 cm³/mol. The molecule has 1 atom stereocenters. The Morgan fingerprint density at radius 1 is 1.38 bits per heavy atom. The maximum atomic E-state index is 9.03. The van der Waals surface area contributed by atoms with E-state index in [0.717, 1.165) is 16.5 Å². The van der Waals surface area contributed by atoms with E-state index in [0.29, 0.717) is 0 Å². The van der Waals surface area contributed by atoms with Gasteiger partial charge in [0.15, 0.2) is 0 Å². The van der Waals surface area contributed by atoms with Crippen molar-refractivity contribution >= 4 is 23.4 Å². The number of benzene rings is 1. The van der Waals surface area contributed by atoms with Gasteiger partial charge in [-0.1, -0.05) is 23.7 Å². The van der Waals surface area contributed by atoms with E-state index >= 15 is 0 Å². The zero-order valence-corrected chi connectivity index (χ0v) is 9.11. The van der Waals surface area contributed by atoms with Gasteiger partial charge in [0.2, 0.25) is 0 Å². The summed E-state index contributed by atoms with van der Waals surface area (Å²) in [5.74, 6) is 1.71. The molecule has 0 spiro atoms. The quantitative estimate of drug-likeness (QED) is 0.835. The predicted octanol–water partition coefficient (Wildman–Crippen LogP) is 2.95. The van der Waals surface area contributed by atoms with Crippen LogP contribution >= 0.6 is 23.4 Å². The van der Waals surface area contributed by atoms with Gasteiger partial charge in [-0.05, 0) is 24.6 Å². The molecule has 0 heterocycles. The van der Waals surface area contributed by atoms with Crippen LogP contribution in [-0.4, -0.2) is 17.0 Å². The molecule has 1 nitrogen and oxygen atoms in total. The van der Waals surface area contributed by atoms with Gasteiger partial charge in [0.05, 0.1) is 6.10 Å². The van der Waals surface area contributed by atoms with E-state index in [1.165, 1.54) is 5.56 Å². The second-order valence-corrected chi connectivity index (χ2v) is 4.46. The van der Waals surface area contributed by atoms with Crippen LogP contribution in [0.3, 0.4) is 0 Å². The fraction of sp³-hybridized carbons (Fsp3) is 0.400. The first-order valence-electron chi connectivity index (χ1n) is 4.19. The highest BCUT2D eigenvalue weighted by molar-refractivity contribution is 7.98. The molecule has 1 aromatic carbocycles. The van der Waals surface area contributed by atoms with Crippen LogP contribution in [-0.2, 0) is 5.75 Å². The minimum atomic E-state index is -0.225. The van der Waals surface area contributed by atoms with Gasteiger partial charge in [-0.2, -0.15) is 11.8 Å². The SMILES string of the molecule is CC(O)CSCc1ccc(Cl)cc1. The third-order valence-electron chi connectivity index (χ3n) is 1.54. The van der Waals surface area contributed by atoms with E-state index in [2.05, 4.69) is 0 Å². The van der Waals surface area contributed by atoms with E-state index in [-0.39, 0.29) is 6.10 Å². The normalized spacial score (nSPS) is 12.8. The molecule has 0 radical (unpaired) electrons. The lowest BCUT2D eigenvalue weighted by atomic mass is 10.2. The van der Waals surface area contributed by atoms with E-state index in [9.17, 15) is 0 Å². The highest BCUT2D eigenvalue weighted by atomic mass is 35.5. The summed E-state index contributed by atoms with van der Waals surface area (Å²) in [5.41, 5.74) is 1.25. The van der Waals surface area contributed by atoms with E-state index < -0.39 is 0 Å². The summed E-state index contributed by atoms with van der Waals surface area (Å²) in [7, 11) is 0. The molecule has 0 aromatic heterocycles. The van der Waals surface area contributed by atoms with Gasteiger partial charge in [-0.25, -0.2) is 0 Å². The molecule has 1 unspecified atom stereocenters. The topological polar surface area (TPSA) is 20.2 Å². The summed E-state index contributed by atoms with van der Waals surface area (Å²) in [6.07, 6.45) is -0.225. The van der Waals surface area contributed by atoms with E-state index in [1.54, 1.807) is 18.7 Å². The summed E-state index contributed by atoms with van der Waals surface area (Å²) in [5, 5.41) is 9.80. The number of hydrogen-bond acceptors (Lipinski definition) is 2. The molecule has 1 aromatic rings. The van der Waals surface area contributed by atoms with Crippen LogP contribution in [0.25, 0.3) is 0 Å². The Bertz CT molecular complexity index is 246. The molecule has 13 heavy (non-hydrogen) atoms. The summed E-state index contributed by atoms with van der Waals surface area (Å²) in [6.45, 7) is 1.80. The van der Waals surface area contributed by atoms with Crippen molar-refractivity contribution in [2.75, 3.05) is 5.75 Å². The molecule has 0 aliphatic rings. The molecular formula is C10H13ClOS. The molecule has 0 aliphatic heterocycles. The maximum absolute atomic E-state index is 9.03. The van der Waals surface area contributed by atoms with Crippen LogP contribution in [0.15, 0.2) is 24.3 Å². The third-order valence-corrected chi connectivity index (χ3v) is 3.05. The van der Waals surface area contributed by atoms with Crippen LogP contribution in [0.1, 0.15) is 12.5 Å². The summed E-state index contributed by atoms with van der Waals surface area (Å²) < 4.78 is 0. The Kier molecular flexibility index (Phi) is 4.64. The molecule has 1 N–H and O–H groups in total. The van der Waals surface area contributed by atoms with Crippen LogP contribution in [0.4, 0.5) is 0 Å². The van der Waals surface area contributed by atoms with Crippen LogP contribution < -0.4 is 0 Å². The second kappa shape index (κ2) is 5.53. The van der Waals surface area contributed by atoms with Crippen molar-refractivity contribution in [3.05, 3.63) is 34.9 Å². The van der Waals surface area contributed by atoms with E-state index in [1.807, 2.05) is 24.3 Å². The van der Waals surface area contributed by atoms with Gasteiger partial charge in [0, 0.05) is 16.5 Å². The fourth-order valence-corrected chi connectivity index (χ4v) is 1.94. The Labute approximate surface area is 88.1 Å². The van der Waals surface area contributed by atoms with Crippen LogP contribution in [0.2, 0.25) is 5.02 Å². The largest absolute Gasteiger partial charge is 0.393 e. The molecule has 0 saturated heterocycles. The monoisotopic (exact) mass is 216 g/mol. The maximum Gasteiger partial charge on any atom is 0.0602 e. The average Bonchev–Trinajstić information content (AvgIpc) is 2.08. The summed E-state index contributed by atoms with van der Waals surface area (Å²) in [6, 6.07) is 7.80. The molecule has 0 amide bonds. The smallest absolute Gasteiger partial charge is 0.0602 e. The van der Waals surface area contributed by atoms with Crippen LogP contribution in [0, 0.1) is 0 Å². The van der Waals surface area contributed by atoms with Gasteiger partial charge >= 0.3 is 0 Å². The second-order valence-electron chi connectivity index (χ2n) is 2.99. The number of rotatable bonds is 4. The van der Waals surface area contributed by atoms with Gasteiger partial charge in [0.25, 0.3) is 0 Å². The first-order chi connectivity index (χ1) is 6.18. The number of aliphatic hydroxyl groups is 1. The molecule has 0 saturated carbocycles. The molecule has 3 heteroatoms. The van der Waals surface area contributed by atoms with Crippen molar-refractivity contribution in [2.24, 2.45) is 0 Å². The van der Waals surface area contributed by atoms with Gasteiger partial charge in [-0.3, -0.25) is 0 Å². The highest BCUT2D eigenvalue weighted by Gasteiger charge is 1.97. The van der Waals surface area contributed by atoms with Crippen molar-refractivity contribution in [3.63, 3.8) is 0 Å². The summed E-state index contributed by atoms with van der Waals surface area (Å²) >= 11 is 7.48. The van der Waals surface area contributed by atoms with Gasteiger partial charge in [0.1, 0.15) is 0 Å². The van der Waals surface area contributed by atoms with Gasteiger partial charge in [-0.15, -0.1) is 0 Å². The summed E-state index contributed by atoms with van der Waals surface area (Å²) in [4.78, 5) is 0. The molecule has 1 rings (SSSR count). The molecule has 72 valence electrons. The lowest BCUT2D eigenvalue weighted by Gasteiger charge is -2.03. The Balaban J connectivity index is 2.33. The van der Waals surface area contributed by atoms with Crippen molar-refractivity contribution in [2.45, 2.75) is 18.8 Å². The minimum Gasteiger partial charge on any atom is -0.393 e. The fourth-order valence-electron chi connectivity index (χ4n) is 0.928. The first-order valence-corrected chi connectivity index (χ1v) is 5.72. The first kappa shape index (κ1) is 10.9. The number of hydrogen-bond donors (Lipinski definition) is 1. The molecule has 0 bridgehead atoms. The number of aliphatic hydroxyl groups excluding tert-OH is 1. The van der Waals surface area contributed by atoms with Crippen molar-refractivity contribution in [1.29, 1.82) is 0 Å². The lowest BCUT2D eigenvalue weighted by Crippen LogP contribution is -2.02. The molecule has 0 aliphatic carbocycles. The van der Waals surface area contributed by atoms with Crippen molar-refractivity contribution < 1.29 is 5.11 Å². The highest BCUT2D eigenvalue weighted by Crippen LogP contribution is 2.15. The van der Waals surface area contributed by atoms with Crippen molar-refractivity contribution in [1.82, 2.24) is 0 Å². The molecule has 0 fully saturated rings. The Morgan fingerprint density at radius 2 is 2.00 bits per heavy atom. The lowest BCUT2D eigenvalue weighted by molar-refractivity contribution is 0.220. The zero-order valence-electron chi connectivity index (χ0n) is 7.53. The van der Waals surface area contributed by atoms with Crippen LogP contribution in [0.5, 0.6) is 0 Å². The number of thioether (sulfide) groups is 1. The standard InChI is InChI=1S/C10H13ClOS/c1-8(12)6-13-7-9-2-4-10(11)5-3-9/h2-5,8,12H,6-7H2,1H3.